The number of aryl methyl sites for hydroxylation is 3. The van der Waals surface area contributed by atoms with Gasteiger partial charge in [0.1, 0.15) is 0 Å². The van der Waals surface area contributed by atoms with E-state index in [2.05, 4.69) is 20.8 Å². The summed E-state index contributed by atoms with van der Waals surface area (Å²) in [6, 6.07) is 23.8. The summed E-state index contributed by atoms with van der Waals surface area (Å²) < 4.78 is 18.3. The van der Waals surface area contributed by atoms with Crippen LogP contribution in [0.5, 0.6) is 17.2 Å². The van der Waals surface area contributed by atoms with Gasteiger partial charge >= 0.3 is 187 Å². The average molecular weight is 463 g/mol. The number of rotatable bonds is 6. The van der Waals surface area contributed by atoms with E-state index in [1.807, 2.05) is 72.8 Å². The molecule has 3 aromatic carbocycles. The monoisotopic (exact) mass is 464 g/mol. The van der Waals surface area contributed by atoms with Gasteiger partial charge in [-0.2, -0.15) is 0 Å². The minimum Gasteiger partial charge on any atom is 1.00 e. The predicted octanol–water partition coefficient (Wildman–Crippen LogP) is 2.14. The fourth-order valence-corrected chi connectivity index (χ4v) is 5.34. The Kier molecular flexibility index (Phi) is 8.35. The Morgan fingerprint density at radius 1 is 0.462 bits per heavy atom. The summed E-state index contributed by atoms with van der Waals surface area (Å²) in [5.41, 5.74) is 3.57. The molecule has 0 spiro atoms. The number of hydrogen-bond donors (Lipinski definition) is 0. The smallest absolute Gasteiger partial charge is 1.00 e. The van der Waals surface area contributed by atoms with Crippen LogP contribution >= 0.6 is 0 Å². The number of hydrogen-bond acceptors (Lipinski definition) is 3. The molecule has 26 heavy (non-hydrogen) atoms. The van der Waals surface area contributed by atoms with Crippen LogP contribution in [0.25, 0.3) is 0 Å². The molecule has 0 aliphatic carbocycles. The summed E-state index contributed by atoms with van der Waals surface area (Å²) in [7, 11) is 0. The van der Waals surface area contributed by atoms with Crippen molar-refractivity contribution in [1.82, 2.24) is 0 Å². The fourth-order valence-electron chi connectivity index (χ4n) is 2.17. The first-order chi connectivity index (χ1) is 12.1. The van der Waals surface area contributed by atoms with Crippen molar-refractivity contribution in [3.05, 3.63) is 89.5 Å². The van der Waals surface area contributed by atoms with Crippen LogP contribution in [0.2, 0.25) is 0 Å². The van der Waals surface area contributed by atoms with Gasteiger partial charge in [-0.25, -0.2) is 0 Å². The second-order valence-electron chi connectivity index (χ2n) is 6.00. The van der Waals surface area contributed by atoms with Crippen molar-refractivity contribution in [2.45, 2.75) is 20.8 Å². The van der Waals surface area contributed by atoms with E-state index in [-0.39, 0.29) is 29.6 Å². The molecule has 0 aliphatic rings. The molecule has 0 saturated carbocycles. The fraction of sp³-hybridized carbons (Fsp3) is 0.143. The molecule has 0 aromatic heterocycles. The van der Waals surface area contributed by atoms with Crippen molar-refractivity contribution in [3.63, 3.8) is 0 Å². The molecular formula is C21H21NaO3Sn+2. The van der Waals surface area contributed by atoms with Gasteiger partial charge < -0.3 is 0 Å². The van der Waals surface area contributed by atoms with Crippen LogP contribution in [-0.4, -0.2) is 21.0 Å². The third kappa shape index (κ3) is 6.54. The van der Waals surface area contributed by atoms with Crippen LogP contribution in [0.4, 0.5) is 0 Å². The van der Waals surface area contributed by atoms with E-state index in [1.165, 1.54) is 16.7 Å². The van der Waals surface area contributed by atoms with E-state index >= 15 is 0 Å². The summed E-state index contributed by atoms with van der Waals surface area (Å²) in [5, 5.41) is 0. The third-order valence-electron chi connectivity index (χ3n) is 3.67. The Labute approximate surface area is 186 Å². The first kappa shape index (κ1) is 21.2. The zero-order valence-electron chi connectivity index (χ0n) is 15.7. The van der Waals surface area contributed by atoms with Crippen LogP contribution in [0.15, 0.2) is 72.8 Å². The predicted molar refractivity (Wildman–Crippen MR) is 101 cm³/mol. The molecule has 0 radical (unpaired) electrons. The zero-order chi connectivity index (χ0) is 17.6. The molecule has 0 bridgehead atoms. The molecule has 0 saturated heterocycles. The Morgan fingerprint density at radius 3 is 0.923 bits per heavy atom. The second kappa shape index (κ2) is 10.3. The molecule has 126 valence electrons. The van der Waals surface area contributed by atoms with Crippen LogP contribution in [-0.2, 0) is 0 Å². The summed E-state index contributed by atoms with van der Waals surface area (Å²) in [6.45, 7) is 6.15. The van der Waals surface area contributed by atoms with Gasteiger partial charge in [-0.05, 0) is 0 Å². The largest absolute Gasteiger partial charge is 1.00 e. The van der Waals surface area contributed by atoms with E-state index < -0.39 is 21.0 Å². The first-order valence-corrected chi connectivity index (χ1v) is 11.7. The molecule has 0 atom stereocenters. The van der Waals surface area contributed by atoms with Crippen LogP contribution < -0.4 is 38.8 Å². The van der Waals surface area contributed by atoms with E-state index in [0.29, 0.717) is 0 Å². The molecule has 0 amide bonds. The van der Waals surface area contributed by atoms with Gasteiger partial charge in [0.2, 0.25) is 0 Å². The molecule has 0 unspecified atom stereocenters. The first-order valence-electron chi connectivity index (χ1n) is 8.19. The second-order valence-corrected chi connectivity index (χ2v) is 9.17. The van der Waals surface area contributed by atoms with E-state index in [0.717, 1.165) is 17.2 Å². The molecule has 5 heteroatoms. The molecule has 0 aliphatic heterocycles. The molecule has 3 aromatic rings. The zero-order valence-corrected chi connectivity index (χ0v) is 20.5. The minimum atomic E-state index is -3.12. The molecule has 0 fully saturated rings. The summed E-state index contributed by atoms with van der Waals surface area (Å²) in [6.07, 6.45) is 0. The normalized spacial score (nSPS) is 9.81. The molecule has 0 heterocycles. The molecule has 3 rings (SSSR count). The average Bonchev–Trinajstić information content (AvgIpc) is 2.61. The molecule has 0 N–H and O–H groups in total. The Hall–Kier alpha value is -1.14. The quantitative estimate of drug-likeness (QED) is 0.525. The van der Waals surface area contributed by atoms with Gasteiger partial charge in [0.25, 0.3) is 0 Å². The van der Waals surface area contributed by atoms with Crippen molar-refractivity contribution < 1.29 is 38.8 Å². The van der Waals surface area contributed by atoms with Gasteiger partial charge in [-0.3, -0.25) is 0 Å². The van der Waals surface area contributed by atoms with Crippen molar-refractivity contribution >= 4 is 21.0 Å². The topological polar surface area (TPSA) is 27.7 Å². The van der Waals surface area contributed by atoms with Gasteiger partial charge in [-0.15, -0.1) is 0 Å². The maximum absolute atomic E-state index is 6.09. The van der Waals surface area contributed by atoms with Crippen LogP contribution in [0, 0.1) is 20.8 Å². The van der Waals surface area contributed by atoms with Crippen molar-refractivity contribution in [2.75, 3.05) is 0 Å². The van der Waals surface area contributed by atoms with Crippen molar-refractivity contribution in [3.8, 4) is 17.2 Å². The SMILES string of the molecule is Cc1ccc([O][Sn+]([O]c2ccc(C)cc2)[O]c2ccc(C)cc2)cc1.[Na+]. The summed E-state index contributed by atoms with van der Waals surface area (Å²) in [4.78, 5) is 0. The Morgan fingerprint density at radius 2 is 0.692 bits per heavy atom. The minimum absolute atomic E-state index is 0. The molecule has 3 nitrogen and oxygen atoms in total. The van der Waals surface area contributed by atoms with Gasteiger partial charge in [0.05, 0.1) is 0 Å². The van der Waals surface area contributed by atoms with Crippen molar-refractivity contribution in [2.24, 2.45) is 0 Å². The van der Waals surface area contributed by atoms with Gasteiger partial charge in [0.15, 0.2) is 0 Å². The molecular weight excluding hydrogens is 442 g/mol. The van der Waals surface area contributed by atoms with Crippen LogP contribution in [0.1, 0.15) is 16.7 Å². The maximum Gasteiger partial charge on any atom is 1.00 e. The van der Waals surface area contributed by atoms with E-state index in [1.54, 1.807) is 0 Å². The van der Waals surface area contributed by atoms with E-state index in [9.17, 15) is 0 Å². The Balaban J connectivity index is 0.00000243. The van der Waals surface area contributed by atoms with Gasteiger partial charge in [-0.1, -0.05) is 0 Å². The third-order valence-corrected chi connectivity index (χ3v) is 7.11. The Bertz CT molecular complexity index is 689. The number of benzene rings is 3. The van der Waals surface area contributed by atoms with Crippen LogP contribution in [0.3, 0.4) is 0 Å². The van der Waals surface area contributed by atoms with Crippen molar-refractivity contribution in [1.29, 1.82) is 0 Å². The summed E-state index contributed by atoms with van der Waals surface area (Å²) >= 11 is -3.12. The van der Waals surface area contributed by atoms with E-state index in [4.69, 9.17) is 9.22 Å². The maximum atomic E-state index is 6.09. The van der Waals surface area contributed by atoms with Gasteiger partial charge in [0, 0.05) is 0 Å². The standard InChI is InChI=1S/3C7H8O.Na.Sn/c3*1-6-2-4-7(8)5-3-6;;/h3*2-5,8H,1H3;;/q;;;+1;+4/p-3. The summed E-state index contributed by atoms with van der Waals surface area (Å²) in [5.74, 6) is 2.33.